The molecule has 0 spiro atoms. The van der Waals surface area contributed by atoms with Crippen LogP contribution in [0.2, 0.25) is 5.02 Å². The first kappa shape index (κ1) is 11.9. The van der Waals surface area contributed by atoms with Crippen LogP contribution in [0.1, 0.15) is 42.5 Å². The highest BCUT2D eigenvalue weighted by Crippen LogP contribution is 2.42. The van der Waals surface area contributed by atoms with Gasteiger partial charge in [-0.3, -0.25) is 0 Å². The van der Waals surface area contributed by atoms with E-state index in [1.165, 1.54) is 29.5 Å². The van der Waals surface area contributed by atoms with Crippen molar-refractivity contribution in [1.29, 1.82) is 0 Å². The summed E-state index contributed by atoms with van der Waals surface area (Å²) in [6.07, 6.45) is 2.72. The van der Waals surface area contributed by atoms with Crippen molar-refractivity contribution in [2.45, 2.75) is 39.7 Å². The quantitative estimate of drug-likeness (QED) is 0.834. The lowest BCUT2D eigenvalue weighted by atomic mass is 9.95. The van der Waals surface area contributed by atoms with E-state index in [-0.39, 0.29) is 0 Å². The molecule has 0 amide bonds. The number of benzene rings is 1. The van der Waals surface area contributed by atoms with Gasteiger partial charge in [0.2, 0.25) is 0 Å². The van der Waals surface area contributed by atoms with Crippen molar-refractivity contribution in [2.24, 2.45) is 5.92 Å². The van der Waals surface area contributed by atoms with E-state index in [1.54, 1.807) is 0 Å². The summed E-state index contributed by atoms with van der Waals surface area (Å²) < 4.78 is 0. The molecule has 1 aromatic carbocycles. The lowest BCUT2D eigenvalue weighted by molar-refractivity contribution is 0.494. The van der Waals surface area contributed by atoms with Gasteiger partial charge in [-0.1, -0.05) is 24.6 Å². The average molecular weight is 238 g/mol. The van der Waals surface area contributed by atoms with Crippen LogP contribution in [0.15, 0.2) is 12.1 Å². The van der Waals surface area contributed by atoms with Gasteiger partial charge in [-0.2, -0.15) is 0 Å². The van der Waals surface area contributed by atoms with Gasteiger partial charge in [0.15, 0.2) is 0 Å². The third-order valence-corrected chi connectivity index (χ3v) is 3.81. The van der Waals surface area contributed by atoms with Crippen LogP contribution in [-0.4, -0.2) is 6.54 Å². The smallest absolute Gasteiger partial charge is 0.0438 e. The lowest BCUT2D eigenvalue weighted by Crippen LogP contribution is -2.23. The molecule has 1 aliphatic carbocycles. The SMILES string of the molecule is CCNC(c1cc(C)c(Cl)cc1C)C1CC1. The van der Waals surface area contributed by atoms with E-state index in [0.717, 1.165) is 17.5 Å². The van der Waals surface area contributed by atoms with Crippen LogP contribution in [-0.2, 0) is 0 Å². The molecule has 1 atom stereocenters. The van der Waals surface area contributed by atoms with Crippen molar-refractivity contribution in [3.63, 3.8) is 0 Å². The van der Waals surface area contributed by atoms with Gasteiger partial charge in [0.1, 0.15) is 0 Å². The molecule has 1 aliphatic rings. The first-order chi connectivity index (χ1) is 7.63. The van der Waals surface area contributed by atoms with E-state index < -0.39 is 0 Å². The highest BCUT2D eigenvalue weighted by Gasteiger charge is 2.32. The summed E-state index contributed by atoms with van der Waals surface area (Å²) in [7, 11) is 0. The normalized spacial score (nSPS) is 17.5. The van der Waals surface area contributed by atoms with Gasteiger partial charge >= 0.3 is 0 Å². The largest absolute Gasteiger partial charge is 0.310 e. The second kappa shape index (κ2) is 4.77. The molecule has 0 aromatic heterocycles. The standard InChI is InChI=1S/C14H20ClN/c1-4-16-14(11-5-6-11)12-7-10(3)13(15)8-9(12)2/h7-8,11,14,16H,4-6H2,1-3H3. The third-order valence-electron chi connectivity index (χ3n) is 3.40. The maximum absolute atomic E-state index is 6.14. The summed E-state index contributed by atoms with van der Waals surface area (Å²) in [5, 5.41) is 4.49. The van der Waals surface area contributed by atoms with Crippen LogP contribution in [0.3, 0.4) is 0 Å². The van der Waals surface area contributed by atoms with Crippen molar-refractivity contribution >= 4 is 11.6 Å². The van der Waals surface area contributed by atoms with E-state index >= 15 is 0 Å². The lowest BCUT2D eigenvalue weighted by Gasteiger charge is -2.21. The van der Waals surface area contributed by atoms with Crippen molar-refractivity contribution in [2.75, 3.05) is 6.54 Å². The molecule has 1 aromatic rings. The zero-order chi connectivity index (χ0) is 11.7. The number of rotatable bonds is 4. The summed E-state index contributed by atoms with van der Waals surface area (Å²) in [6.45, 7) is 7.45. The molecule has 1 N–H and O–H groups in total. The zero-order valence-corrected chi connectivity index (χ0v) is 11.1. The molecular weight excluding hydrogens is 218 g/mol. The van der Waals surface area contributed by atoms with E-state index in [1.807, 2.05) is 0 Å². The molecule has 1 fully saturated rings. The number of halogens is 1. The Morgan fingerprint density at radius 1 is 1.31 bits per heavy atom. The summed E-state index contributed by atoms with van der Waals surface area (Å²) in [5.41, 5.74) is 3.94. The van der Waals surface area contributed by atoms with Crippen molar-refractivity contribution in [1.82, 2.24) is 5.32 Å². The minimum atomic E-state index is 0.529. The fourth-order valence-electron chi connectivity index (χ4n) is 2.32. The Balaban J connectivity index is 2.32. The van der Waals surface area contributed by atoms with Gasteiger partial charge in [-0.25, -0.2) is 0 Å². The van der Waals surface area contributed by atoms with Crippen LogP contribution in [0.4, 0.5) is 0 Å². The second-order valence-corrected chi connectivity index (χ2v) is 5.24. The predicted molar refractivity (Wildman–Crippen MR) is 70.1 cm³/mol. The van der Waals surface area contributed by atoms with E-state index in [0.29, 0.717) is 6.04 Å². The predicted octanol–water partition coefficient (Wildman–Crippen LogP) is 4.02. The second-order valence-electron chi connectivity index (χ2n) is 4.83. The summed E-state index contributed by atoms with van der Waals surface area (Å²) >= 11 is 6.14. The maximum atomic E-state index is 6.14. The Labute approximate surface area is 103 Å². The topological polar surface area (TPSA) is 12.0 Å². The third kappa shape index (κ3) is 2.41. The molecule has 0 aliphatic heterocycles. The van der Waals surface area contributed by atoms with E-state index in [2.05, 4.69) is 38.2 Å². The molecule has 2 heteroatoms. The fraction of sp³-hybridized carbons (Fsp3) is 0.571. The van der Waals surface area contributed by atoms with Gasteiger partial charge in [0.25, 0.3) is 0 Å². The molecule has 16 heavy (non-hydrogen) atoms. The average Bonchev–Trinajstić information content (AvgIpc) is 3.04. The van der Waals surface area contributed by atoms with Gasteiger partial charge in [-0.05, 0) is 61.9 Å². The van der Waals surface area contributed by atoms with Gasteiger partial charge in [0.05, 0.1) is 0 Å². The Hall–Kier alpha value is -0.530. The summed E-state index contributed by atoms with van der Waals surface area (Å²) in [5.74, 6) is 0.833. The van der Waals surface area contributed by atoms with Crippen LogP contribution >= 0.6 is 11.6 Å². The maximum Gasteiger partial charge on any atom is 0.0438 e. The Kier molecular flexibility index (Phi) is 3.56. The van der Waals surface area contributed by atoms with Gasteiger partial charge in [0, 0.05) is 11.1 Å². The summed E-state index contributed by atoms with van der Waals surface area (Å²) in [4.78, 5) is 0. The van der Waals surface area contributed by atoms with Gasteiger partial charge in [-0.15, -0.1) is 0 Å². The summed E-state index contributed by atoms with van der Waals surface area (Å²) in [6, 6.07) is 4.88. The highest BCUT2D eigenvalue weighted by atomic mass is 35.5. The monoisotopic (exact) mass is 237 g/mol. The molecule has 0 bridgehead atoms. The van der Waals surface area contributed by atoms with Crippen molar-refractivity contribution in [3.05, 3.63) is 33.8 Å². The Bertz CT molecular complexity index is 383. The molecule has 88 valence electrons. The van der Waals surface area contributed by atoms with E-state index in [4.69, 9.17) is 11.6 Å². The minimum Gasteiger partial charge on any atom is -0.310 e. The van der Waals surface area contributed by atoms with Crippen molar-refractivity contribution in [3.8, 4) is 0 Å². The Morgan fingerprint density at radius 3 is 2.56 bits per heavy atom. The number of hydrogen-bond donors (Lipinski definition) is 1. The molecule has 0 radical (unpaired) electrons. The molecule has 0 saturated heterocycles. The number of nitrogens with one attached hydrogen (secondary N) is 1. The Morgan fingerprint density at radius 2 is 2.00 bits per heavy atom. The highest BCUT2D eigenvalue weighted by molar-refractivity contribution is 6.31. The van der Waals surface area contributed by atoms with Crippen LogP contribution < -0.4 is 5.32 Å². The van der Waals surface area contributed by atoms with Crippen LogP contribution in [0.25, 0.3) is 0 Å². The first-order valence-electron chi connectivity index (χ1n) is 6.13. The fourth-order valence-corrected chi connectivity index (χ4v) is 2.54. The van der Waals surface area contributed by atoms with Crippen molar-refractivity contribution < 1.29 is 0 Å². The number of hydrogen-bond acceptors (Lipinski definition) is 1. The van der Waals surface area contributed by atoms with E-state index in [9.17, 15) is 0 Å². The molecule has 2 rings (SSSR count). The molecule has 0 heterocycles. The molecule has 1 unspecified atom stereocenters. The molecular formula is C14H20ClN. The minimum absolute atomic E-state index is 0.529. The molecule has 1 nitrogen and oxygen atoms in total. The van der Waals surface area contributed by atoms with Crippen LogP contribution in [0.5, 0.6) is 0 Å². The first-order valence-corrected chi connectivity index (χ1v) is 6.51. The number of aryl methyl sites for hydroxylation is 2. The van der Waals surface area contributed by atoms with Gasteiger partial charge < -0.3 is 5.32 Å². The molecule has 1 saturated carbocycles. The zero-order valence-electron chi connectivity index (χ0n) is 10.3. The van der Waals surface area contributed by atoms with Crippen LogP contribution in [0, 0.1) is 19.8 Å².